The van der Waals surface area contributed by atoms with Gasteiger partial charge in [-0.15, -0.1) is 0 Å². The fraction of sp³-hybridized carbons (Fsp3) is 0.364. The summed E-state index contributed by atoms with van der Waals surface area (Å²) in [6.07, 6.45) is 0. The third-order valence-corrected chi connectivity index (χ3v) is 8.59. The number of likely N-dealkylation sites (N-methyl/N-ethyl adjacent to an activating group) is 1. The summed E-state index contributed by atoms with van der Waals surface area (Å²) in [6.45, 7) is 7.17. The molecule has 0 N–H and O–H groups in total. The number of aromatic nitrogens is 1. The molecule has 0 aliphatic heterocycles. The second-order valence-corrected chi connectivity index (χ2v) is 11.5. The number of rotatable bonds is 9. The summed E-state index contributed by atoms with van der Waals surface area (Å²) in [4.78, 5) is 22.3. The normalized spacial score (nSPS) is 12.1. The highest BCUT2D eigenvalue weighted by Gasteiger charge is 2.23. The van der Waals surface area contributed by atoms with Gasteiger partial charge in [0.1, 0.15) is 0 Å². The summed E-state index contributed by atoms with van der Waals surface area (Å²) in [5.74, 6) is -0.205. The van der Waals surface area contributed by atoms with Gasteiger partial charge in [0.2, 0.25) is 10.0 Å². The maximum absolute atomic E-state index is 13.5. The molecule has 0 saturated heterocycles. The first kappa shape index (κ1) is 24.8. The highest BCUT2D eigenvalue weighted by molar-refractivity contribution is 9.10. The lowest BCUT2D eigenvalue weighted by atomic mass is 10.2. The zero-order valence-corrected chi connectivity index (χ0v) is 21.8. The van der Waals surface area contributed by atoms with Gasteiger partial charge >= 0.3 is 0 Å². The molecule has 0 saturated carbocycles. The lowest BCUT2D eigenvalue weighted by Crippen LogP contribution is -2.38. The molecule has 2 aromatic carbocycles. The number of anilines is 1. The maximum Gasteiger partial charge on any atom is 0.260 e. The molecule has 0 spiro atoms. The van der Waals surface area contributed by atoms with Crippen molar-refractivity contribution < 1.29 is 13.2 Å². The van der Waals surface area contributed by atoms with Crippen LogP contribution in [0.4, 0.5) is 5.13 Å². The van der Waals surface area contributed by atoms with Gasteiger partial charge in [0.15, 0.2) is 5.13 Å². The summed E-state index contributed by atoms with van der Waals surface area (Å²) in [6, 6.07) is 11.9. The van der Waals surface area contributed by atoms with Crippen molar-refractivity contribution >= 4 is 58.5 Å². The van der Waals surface area contributed by atoms with Crippen molar-refractivity contribution in [1.82, 2.24) is 14.2 Å². The number of nitrogens with zero attached hydrogens (tertiary/aromatic N) is 4. The van der Waals surface area contributed by atoms with Crippen molar-refractivity contribution in [3.8, 4) is 0 Å². The van der Waals surface area contributed by atoms with E-state index in [0.717, 1.165) is 32.1 Å². The molecule has 0 aliphatic carbocycles. The van der Waals surface area contributed by atoms with Gasteiger partial charge in [-0.1, -0.05) is 41.1 Å². The Morgan fingerprint density at radius 3 is 2.28 bits per heavy atom. The van der Waals surface area contributed by atoms with E-state index in [1.807, 2.05) is 18.2 Å². The monoisotopic (exact) mass is 538 g/mol. The van der Waals surface area contributed by atoms with Crippen LogP contribution in [-0.2, 0) is 10.0 Å². The first-order valence-electron chi connectivity index (χ1n) is 10.3. The SMILES string of the molecule is CCN(CC)CCN(C(=O)c1ccc(S(=O)(=O)N(C)C)cc1)c1nc2ccc(Br)cc2s1. The van der Waals surface area contributed by atoms with Gasteiger partial charge in [0.05, 0.1) is 15.1 Å². The van der Waals surface area contributed by atoms with E-state index in [1.165, 1.54) is 37.6 Å². The van der Waals surface area contributed by atoms with E-state index in [9.17, 15) is 13.2 Å². The number of halogens is 1. The summed E-state index contributed by atoms with van der Waals surface area (Å²) >= 11 is 4.95. The molecular formula is C22H27BrN4O3S2. The van der Waals surface area contributed by atoms with E-state index in [1.54, 1.807) is 17.0 Å². The minimum absolute atomic E-state index is 0.151. The number of thiazole rings is 1. The van der Waals surface area contributed by atoms with Crippen molar-refractivity contribution in [2.75, 3.05) is 45.2 Å². The molecule has 3 aromatic rings. The molecule has 7 nitrogen and oxygen atoms in total. The van der Waals surface area contributed by atoms with Crippen molar-refractivity contribution in [3.05, 3.63) is 52.5 Å². The molecule has 0 unspecified atom stereocenters. The van der Waals surface area contributed by atoms with Gasteiger partial charge in [0, 0.05) is 37.2 Å². The Kier molecular flexibility index (Phi) is 8.05. The topological polar surface area (TPSA) is 73.8 Å². The maximum atomic E-state index is 13.5. The third kappa shape index (κ3) is 5.37. The average Bonchev–Trinajstić information content (AvgIpc) is 3.19. The molecule has 0 bridgehead atoms. The lowest BCUT2D eigenvalue weighted by Gasteiger charge is -2.24. The highest BCUT2D eigenvalue weighted by Crippen LogP contribution is 2.31. The van der Waals surface area contributed by atoms with Gasteiger partial charge in [-0.3, -0.25) is 9.69 Å². The van der Waals surface area contributed by atoms with Gasteiger partial charge in [-0.05, 0) is 55.6 Å². The van der Waals surface area contributed by atoms with E-state index in [4.69, 9.17) is 4.98 Å². The minimum atomic E-state index is -3.55. The molecule has 172 valence electrons. The molecule has 3 rings (SSSR count). The zero-order valence-electron chi connectivity index (χ0n) is 18.6. The Morgan fingerprint density at radius 2 is 1.69 bits per heavy atom. The molecule has 10 heteroatoms. The fourth-order valence-corrected chi connectivity index (χ4v) is 5.65. The molecular weight excluding hydrogens is 512 g/mol. The predicted molar refractivity (Wildman–Crippen MR) is 134 cm³/mol. The minimum Gasteiger partial charge on any atom is -0.302 e. The summed E-state index contributed by atoms with van der Waals surface area (Å²) in [5, 5.41) is 0.625. The number of carbonyl (C=O) groups is 1. The van der Waals surface area contributed by atoms with Crippen molar-refractivity contribution in [3.63, 3.8) is 0 Å². The molecule has 0 fully saturated rings. The zero-order chi connectivity index (χ0) is 23.5. The Bertz CT molecular complexity index is 1190. The number of sulfonamides is 1. The Labute approximate surface area is 201 Å². The van der Waals surface area contributed by atoms with Gasteiger partial charge in [0.25, 0.3) is 5.91 Å². The van der Waals surface area contributed by atoms with Crippen LogP contribution in [0.2, 0.25) is 0 Å². The highest BCUT2D eigenvalue weighted by atomic mass is 79.9. The number of amides is 1. The van der Waals surface area contributed by atoms with Crippen LogP contribution >= 0.6 is 27.3 Å². The van der Waals surface area contributed by atoms with Crippen molar-refractivity contribution in [2.45, 2.75) is 18.7 Å². The molecule has 1 aromatic heterocycles. The Balaban J connectivity index is 1.95. The average molecular weight is 540 g/mol. The number of hydrogen-bond acceptors (Lipinski definition) is 6. The van der Waals surface area contributed by atoms with Crippen LogP contribution in [0.5, 0.6) is 0 Å². The number of fused-ring (bicyclic) bond motifs is 1. The lowest BCUT2D eigenvalue weighted by molar-refractivity contribution is 0.0983. The van der Waals surface area contributed by atoms with Crippen LogP contribution in [-0.4, -0.2) is 68.8 Å². The summed E-state index contributed by atoms with van der Waals surface area (Å²) in [7, 11) is -0.592. The molecule has 1 amide bonds. The Hall–Kier alpha value is -1.85. The quantitative estimate of drug-likeness (QED) is 0.406. The van der Waals surface area contributed by atoms with Crippen LogP contribution in [0, 0.1) is 0 Å². The van der Waals surface area contributed by atoms with E-state index in [0.29, 0.717) is 23.8 Å². The number of carbonyl (C=O) groups excluding carboxylic acids is 1. The summed E-state index contributed by atoms with van der Waals surface area (Å²) < 4.78 is 27.8. The van der Waals surface area contributed by atoms with Gasteiger partial charge in [-0.25, -0.2) is 17.7 Å². The van der Waals surface area contributed by atoms with E-state index in [2.05, 4.69) is 34.7 Å². The van der Waals surface area contributed by atoms with Gasteiger partial charge < -0.3 is 4.90 Å². The second-order valence-electron chi connectivity index (χ2n) is 7.40. The fourth-order valence-electron chi connectivity index (χ4n) is 3.20. The standard InChI is InChI=1S/C22H27BrN4O3S2/c1-5-26(6-2)13-14-27(22-24-19-12-9-17(23)15-20(19)31-22)21(28)16-7-10-18(11-8-16)32(29,30)25(3)4/h7-12,15H,5-6,13-14H2,1-4H3. The largest absolute Gasteiger partial charge is 0.302 e. The van der Waals surface area contributed by atoms with Crippen molar-refractivity contribution in [1.29, 1.82) is 0 Å². The van der Waals surface area contributed by atoms with Crippen LogP contribution in [0.15, 0.2) is 51.8 Å². The molecule has 1 heterocycles. The van der Waals surface area contributed by atoms with Crippen molar-refractivity contribution in [2.24, 2.45) is 0 Å². The first-order chi connectivity index (χ1) is 15.2. The molecule has 0 aliphatic rings. The predicted octanol–water partition coefficient (Wildman–Crippen LogP) is 4.30. The van der Waals surface area contributed by atoms with E-state index < -0.39 is 10.0 Å². The van der Waals surface area contributed by atoms with Crippen LogP contribution in [0.1, 0.15) is 24.2 Å². The van der Waals surface area contributed by atoms with Crippen LogP contribution in [0.25, 0.3) is 10.2 Å². The molecule has 0 atom stereocenters. The summed E-state index contributed by atoms with van der Waals surface area (Å²) in [5.41, 5.74) is 1.25. The molecule has 32 heavy (non-hydrogen) atoms. The Morgan fingerprint density at radius 1 is 1.03 bits per heavy atom. The third-order valence-electron chi connectivity index (χ3n) is 5.23. The first-order valence-corrected chi connectivity index (χ1v) is 13.3. The van der Waals surface area contributed by atoms with Crippen LogP contribution in [0.3, 0.4) is 0 Å². The van der Waals surface area contributed by atoms with E-state index >= 15 is 0 Å². The van der Waals surface area contributed by atoms with Gasteiger partial charge in [-0.2, -0.15) is 0 Å². The van der Waals surface area contributed by atoms with E-state index in [-0.39, 0.29) is 10.8 Å². The smallest absolute Gasteiger partial charge is 0.260 e. The second kappa shape index (κ2) is 10.4. The number of benzene rings is 2. The van der Waals surface area contributed by atoms with Crippen LogP contribution < -0.4 is 4.90 Å². The number of hydrogen-bond donors (Lipinski definition) is 0. The molecule has 0 radical (unpaired) electrons.